The van der Waals surface area contributed by atoms with Crippen LogP contribution in [0.1, 0.15) is 146 Å². The lowest BCUT2D eigenvalue weighted by atomic mass is 10.0. The van der Waals surface area contributed by atoms with Gasteiger partial charge in [0.25, 0.3) is 0 Å². The molecule has 2 rings (SSSR count). The molecule has 0 bridgehead atoms. The Kier molecular flexibility index (Phi) is 23.4. The van der Waals surface area contributed by atoms with Crippen LogP contribution in [0.4, 0.5) is 73.6 Å². The molecule has 0 radical (unpaired) electrons. The number of amides is 4. The van der Waals surface area contributed by atoms with Crippen LogP contribution in [0.15, 0.2) is 36.4 Å². The van der Waals surface area contributed by atoms with Crippen LogP contribution in [0.3, 0.4) is 0 Å². The minimum absolute atomic E-state index is 0.0303. The summed E-state index contributed by atoms with van der Waals surface area (Å²) in [5.41, 5.74) is -7.93. The monoisotopic (exact) mass is 936 g/mol. The summed E-state index contributed by atoms with van der Waals surface area (Å²) < 4.78 is 159. The molecular formula is C43H62F12N7O2+. The smallest absolute Gasteiger partial charge is 0.332 e. The third kappa shape index (κ3) is 23.4. The molecular weight excluding hydrogens is 874 g/mol. The van der Waals surface area contributed by atoms with Gasteiger partial charge < -0.3 is 21.3 Å². The molecule has 0 aliphatic heterocycles. The van der Waals surface area contributed by atoms with E-state index in [2.05, 4.69) is 33.2 Å². The second-order valence-electron chi connectivity index (χ2n) is 16.0. The van der Waals surface area contributed by atoms with Crippen LogP contribution in [-0.4, -0.2) is 49.7 Å². The number of carbonyl (C=O) groups is 2. The van der Waals surface area contributed by atoms with Gasteiger partial charge in [0.2, 0.25) is 0 Å². The SMILES string of the molecule is CCCCCCCCCCCCCCCCCCNC(NC[C@H](C)NC(=O)Nc1cc(C(F)(F)F)cc(C(F)(F)F)c1)=[NH+]C[C@H](C)NC(=O)Nc1cc(C(F)(F)F)cc(C(F)(F)F)c1. The van der Waals surface area contributed by atoms with Crippen molar-refractivity contribution in [2.45, 2.75) is 160 Å². The Morgan fingerprint density at radius 1 is 0.484 bits per heavy atom. The summed E-state index contributed by atoms with van der Waals surface area (Å²) >= 11 is 0. The maximum Gasteiger partial charge on any atom is 0.416 e. The summed E-state index contributed by atoms with van der Waals surface area (Å²) in [7, 11) is 0. The van der Waals surface area contributed by atoms with Crippen LogP contribution in [-0.2, 0) is 24.7 Å². The minimum atomic E-state index is -5.12. The molecule has 4 amide bonds. The van der Waals surface area contributed by atoms with Crippen molar-refractivity contribution in [2.24, 2.45) is 0 Å². The Hall–Kier alpha value is -4.59. The molecule has 7 N–H and O–H groups in total. The first kappa shape index (κ1) is 55.5. The number of halogens is 12. The standard InChI is InChI=1S/C43H61F12N7O2/c1-4-5-6-7-8-9-10-11-12-13-14-15-16-17-18-19-20-56-37(57-27-29(2)59-38(63)61-35-23-31(40(44,45)46)21-32(24-35)41(47,48)49)58-28-30(3)60-39(64)62-36-25-33(42(50,51)52)22-34(26-36)43(53,54)55/h21-26,29-30H,4-20,27-28H2,1-3H3,(H2,56,57,58)(H2,59,61,63)(H2,60,62,64)/p+1/t29-,30-/m0/s1. The van der Waals surface area contributed by atoms with E-state index in [0.29, 0.717) is 36.8 Å². The lowest BCUT2D eigenvalue weighted by molar-refractivity contribution is -0.464. The highest BCUT2D eigenvalue weighted by Gasteiger charge is 2.38. The van der Waals surface area contributed by atoms with Crippen molar-refractivity contribution in [1.29, 1.82) is 0 Å². The molecule has 0 heterocycles. The van der Waals surface area contributed by atoms with Crippen molar-refractivity contribution >= 4 is 29.4 Å². The molecule has 0 unspecified atom stereocenters. The van der Waals surface area contributed by atoms with E-state index in [9.17, 15) is 62.3 Å². The Morgan fingerprint density at radius 2 is 0.812 bits per heavy atom. The lowest BCUT2D eigenvalue weighted by Gasteiger charge is -2.17. The molecule has 0 aliphatic carbocycles. The Balaban J connectivity index is 1.97. The van der Waals surface area contributed by atoms with E-state index in [-0.39, 0.29) is 25.2 Å². The number of anilines is 2. The van der Waals surface area contributed by atoms with E-state index in [0.717, 1.165) is 32.1 Å². The van der Waals surface area contributed by atoms with Crippen molar-refractivity contribution in [3.63, 3.8) is 0 Å². The fraction of sp³-hybridized carbons (Fsp3) is 0.651. The quantitative estimate of drug-likeness (QED) is 0.0232. The number of hydrogen-bond donors (Lipinski definition) is 7. The molecule has 364 valence electrons. The number of alkyl halides is 12. The molecule has 2 aromatic rings. The molecule has 2 aromatic carbocycles. The predicted molar refractivity (Wildman–Crippen MR) is 223 cm³/mol. The van der Waals surface area contributed by atoms with Crippen LogP contribution >= 0.6 is 0 Å². The predicted octanol–water partition coefficient (Wildman–Crippen LogP) is 11.4. The van der Waals surface area contributed by atoms with Gasteiger partial charge in [0.05, 0.1) is 54.0 Å². The topological polar surface area (TPSA) is 120 Å². The lowest BCUT2D eigenvalue weighted by Crippen LogP contribution is -2.82. The Morgan fingerprint density at radius 3 is 1.16 bits per heavy atom. The van der Waals surface area contributed by atoms with E-state index >= 15 is 0 Å². The highest BCUT2D eigenvalue weighted by Crippen LogP contribution is 2.39. The van der Waals surface area contributed by atoms with Gasteiger partial charge in [-0.15, -0.1) is 0 Å². The van der Waals surface area contributed by atoms with Gasteiger partial charge in [-0.3, -0.25) is 15.6 Å². The summed E-state index contributed by atoms with van der Waals surface area (Å²) in [5, 5.41) is 15.0. The summed E-state index contributed by atoms with van der Waals surface area (Å²) in [6, 6.07) is -2.40. The number of carbonyl (C=O) groups excluding carboxylic acids is 2. The minimum Gasteiger partial charge on any atom is -0.332 e. The van der Waals surface area contributed by atoms with E-state index < -0.39 is 82.5 Å². The molecule has 0 saturated heterocycles. The largest absolute Gasteiger partial charge is 0.416 e. The maximum absolute atomic E-state index is 13.3. The van der Waals surface area contributed by atoms with Gasteiger partial charge in [0.1, 0.15) is 0 Å². The van der Waals surface area contributed by atoms with Crippen LogP contribution in [0.25, 0.3) is 0 Å². The van der Waals surface area contributed by atoms with Crippen molar-refractivity contribution in [2.75, 3.05) is 30.3 Å². The fourth-order valence-electron chi connectivity index (χ4n) is 6.52. The molecule has 2 atom stereocenters. The van der Waals surface area contributed by atoms with Crippen molar-refractivity contribution in [1.82, 2.24) is 21.3 Å². The maximum atomic E-state index is 13.3. The first-order valence-corrected chi connectivity index (χ1v) is 21.7. The second-order valence-corrected chi connectivity index (χ2v) is 16.0. The third-order valence-electron chi connectivity index (χ3n) is 9.95. The highest BCUT2D eigenvalue weighted by molar-refractivity contribution is 5.90. The highest BCUT2D eigenvalue weighted by atomic mass is 19.4. The van der Waals surface area contributed by atoms with Crippen molar-refractivity contribution < 1.29 is 67.3 Å². The van der Waals surface area contributed by atoms with E-state index in [1.807, 2.05) is 10.6 Å². The summed E-state index contributed by atoms with van der Waals surface area (Å²) in [5.74, 6) is 0.296. The first-order chi connectivity index (χ1) is 29.9. The molecule has 64 heavy (non-hydrogen) atoms. The van der Waals surface area contributed by atoms with E-state index in [1.165, 1.54) is 84.5 Å². The number of hydrogen-bond acceptors (Lipinski definition) is 2. The summed E-state index contributed by atoms with van der Waals surface area (Å²) in [4.78, 5) is 28.2. The van der Waals surface area contributed by atoms with Gasteiger partial charge >= 0.3 is 42.7 Å². The van der Waals surface area contributed by atoms with Gasteiger partial charge in [0.15, 0.2) is 0 Å². The van der Waals surface area contributed by atoms with Gasteiger partial charge in [-0.25, -0.2) is 9.59 Å². The number of nitrogens with one attached hydrogen (secondary N) is 7. The number of unbranched alkanes of at least 4 members (excludes halogenated alkanes) is 15. The third-order valence-corrected chi connectivity index (χ3v) is 9.95. The average molecular weight is 937 g/mol. The van der Waals surface area contributed by atoms with Crippen LogP contribution < -0.4 is 36.9 Å². The number of rotatable bonds is 25. The Bertz CT molecular complexity index is 1670. The molecule has 0 spiro atoms. The molecule has 21 heteroatoms. The van der Waals surface area contributed by atoms with Crippen LogP contribution in [0, 0.1) is 0 Å². The fourth-order valence-corrected chi connectivity index (χ4v) is 6.52. The van der Waals surface area contributed by atoms with E-state index in [1.54, 1.807) is 0 Å². The van der Waals surface area contributed by atoms with Crippen molar-refractivity contribution in [3.05, 3.63) is 58.7 Å². The van der Waals surface area contributed by atoms with Crippen molar-refractivity contribution in [3.8, 4) is 0 Å². The van der Waals surface area contributed by atoms with E-state index in [4.69, 9.17) is 0 Å². The number of urea groups is 2. The summed E-state index contributed by atoms with van der Waals surface area (Å²) in [6.45, 7) is 5.61. The van der Waals surface area contributed by atoms with Crippen LogP contribution in [0.2, 0.25) is 0 Å². The Labute approximate surface area is 366 Å². The molecule has 0 fully saturated rings. The van der Waals surface area contributed by atoms with Gasteiger partial charge in [-0.1, -0.05) is 103 Å². The molecule has 0 saturated carbocycles. The van der Waals surface area contributed by atoms with Gasteiger partial charge in [-0.2, -0.15) is 52.7 Å². The second kappa shape index (κ2) is 27.0. The van der Waals surface area contributed by atoms with Crippen LogP contribution in [0.5, 0.6) is 0 Å². The molecule has 0 aliphatic rings. The zero-order valence-corrected chi connectivity index (χ0v) is 36.4. The van der Waals surface area contributed by atoms with Gasteiger partial charge in [-0.05, 0) is 56.7 Å². The first-order valence-electron chi connectivity index (χ1n) is 21.7. The zero-order chi connectivity index (χ0) is 48.0. The molecule has 9 nitrogen and oxygen atoms in total. The molecule has 0 aromatic heterocycles. The summed E-state index contributed by atoms with van der Waals surface area (Å²) in [6.07, 6.45) is -1.59. The zero-order valence-electron chi connectivity index (χ0n) is 36.4. The number of guanidine groups is 1. The normalized spacial score (nSPS) is 13.6. The van der Waals surface area contributed by atoms with Gasteiger partial charge in [0, 0.05) is 11.4 Å². The number of benzene rings is 2. The average Bonchev–Trinajstić information content (AvgIpc) is 3.18.